The van der Waals surface area contributed by atoms with Crippen molar-refractivity contribution in [1.29, 1.82) is 0 Å². The van der Waals surface area contributed by atoms with Gasteiger partial charge in [-0.05, 0) is 72.6 Å². The van der Waals surface area contributed by atoms with E-state index in [1.54, 1.807) is 42.1 Å². The van der Waals surface area contributed by atoms with E-state index in [4.69, 9.17) is 16.0 Å². The van der Waals surface area contributed by atoms with Crippen LogP contribution in [0, 0.1) is 0 Å². The highest BCUT2D eigenvalue weighted by Crippen LogP contribution is 2.34. The van der Waals surface area contributed by atoms with Crippen molar-refractivity contribution in [3.05, 3.63) is 76.4 Å². The third-order valence-electron chi connectivity index (χ3n) is 4.44. The van der Waals surface area contributed by atoms with Gasteiger partial charge in [0, 0.05) is 26.6 Å². The van der Waals surface area contributed by atoms with Crippen LogP contribution in [0.3, 0.4) is 0 Å². The van der Waals surface area contributed by atoms with Gasteiger partial charge in [0.2, 0.25) is 5.91 Å². The predicted octanol–water partition coefficient (Wildman–Crippen LogP) is 6.48. The third-order valence-corrected chi connectivity index (χ3v) is 7.25. The Labute approximate surface area is 208 Å². The zero-order valence-corrected chi connectivity index (χ0v) is 20.4. The first-order chi connectivity index (χ1) is 15.9. The molecule has 1 saturated heterocycles. The number of halogens is 1. The van der Waals surface area contributed by atoms with E-state index in [0.29, 0.717) is 21.6 Å². The van der Waals surface area contributed by atoms with Gasteiger partial charge in [0.05, 0.1) is 4.91 Å². The highest BCUT2D eigenvalue weighted by Gasteiger charge is 2.36. The molecule has 33 heavy (non-hydrogen) atoms. The molecule has 3 amide bonds. The first-order valence-corrected chi connectivity index (χ1v) is 12.9. The van der Waals surface area contributed by atoms with Crippen molar-refractivity contribution in [2.45, 2.75) is 14.9 Å². The standard InChI is InChI=1S/C23H17ClN2O4S3/c1-31-18-4-2-3-15(11-18)25-20(27)13-26-22(28)19(33-23(26)29)12-16-7-10-21(30-16)32-17-8-5-14(24)6-9-17/h2-12H,13H2,1H3,(H,25,27)/b19-12-. The van der Waals surface area contributed by atoms with Crippen molar-refractivity contribution in [2.75, 3.05) is 18.1 Å². The van der Waals surface area contributed by atoms with Crippen molar-refractivity contribution in [1.82, 2.24) is 4.90 Å². The number of hydrogen-bond acceptors (Lipinski definition) is 7. The van der Waals surface area contributed by atoms with Gasteiger partial charge in [-0.1, -0.05) is 29.4 Å². The topological polar surface area (TPSA) is 79.6 Å². The van der Waals surface area contributed by atoms with Crippen molar-refractivity contribution in [3.63, 3.8) is 0 Å². The Balaban J connectivity index is 1.39. The third kappa shape index (κ3) is 6.05. The zero-order chi connectivity index (χ0) is 23.4. The molecule has 1 aliphatic rings. The first kappa shape index (κ1) is 23.6. The molecule has 2 aromatic carbocycles. The average Bonchev–Trinajstić information content (AvgIpc) is 3.34. The van der Waals surface area contributed by atoms with E-state index in [1.165, 1.54) is 17.8 Å². The minimum absolute atomic E-state index is 0.203. The summed E-state index contributed by atoms with van der Waals surface area (Å²) in [5.41, 5.74) is 0.607. The second kappa shape index (κ2) is 10.6. The number of nitrogens with zero attached hydrogens (tertiary/aromatic N) is 1. The molecule has 1 aromatic heterocycles. The largest absolute Gasteiger partial charge is 0.450 e. The summed E-state index contributed by atoms with van der Waals surface area (Å²) in [4.78, 5) is 40.5. The van der Waals surface area contributed by atoms with Crippen LogP contribution in [0.5, 0.6) is 0 Å². The number of rotatable bonds is 7. The van der Waals surface area contributed by atoms with Crippen molar-refractivity contribution in [3.8, 4) is 0 Å². The van der Waals surface area contributed by atoms with E-state index in [-0.39, 0.29) is 11.4 Å². The van der Waals surface area contributed by atoms with Crippen LogP contribution < -0.4 is 5.32 Å². The molecule has 168 valence electrons. The van der Waals surface area contributed by atoms with E-state index in [9.17, 15) is 14.4 Å². The molecular formula is C23H17ClN2O4S3. The molecule has 0 spiro atoms. The highest BCUT2D eigenvalue weighted by molar-refractivity contribution is 8.18. The monoisotopic (exact) mass is 516 g/mol. The van der Waals surface area contributed by atoms with Gasteiger partial charge in [-0.3, -0.25) is 19.3 Å². The number of furan rings is 1. The molecule has 1 fully saturated rings. The van der Waals surface area contributed by atoms with Gasteiger partial charge in [0.15, 0.2) is 5.09 Å². The molecule has 0 atom stereocenters. The molecule has 0 bridgehead atoms. The number of amides is 3. The van der Waals surface area contributed by atoms with Gasteiger partial charge in [-0.15, -0.1) is 11.8 Å². The number of nitrogens with one attached hydrogen (secondary N) is 1. The number of imide groups is 1. The highest BCUT2D eigenvalue weighted by atomic mass is 35.5. The maximum absolute atomic E-state index is 12.7. The van der Waals surface area contributed by atoms with E-state index in [2.05, 4.69) is 5.32 Å². The Morgan fingerprint density at radius 3 is 2.67 bits per heavy atom. The molecule has 0 aliphatic carbocycles. The molecule has 1 aliphatic heterocycles. The molecule has 3 aromatic rings. The minimum atomic E-state index is -0.527. The van der Waals surface area contributed by atoms with E-state index >= 15 is 0 Å². The average molecular weight is 517 g/mol. The fraction of sp³-hybridized carbons (Fsp3) is 0.0870. The van der Waals surface area contributed by atoms with Crippen molar-refractivity contribution >= 4 is 75.7 Å². The molecule has 10 heteroatoms. The van der Waals surface area contributed by atoms with Crippen LogP contribution in [0.15, 0.2) is 84.9 Å². The van der Waals surface area contributed by atoms with Crippen LogP contribution in [-0.4, -0.2) is 34.8 Å². The Morgan fingerprint density at radius 1 is 1.12 bits per heavy atom. The molecule has 0 unspecified atom stereocenters. The molecular weight excluding hydrogens is 500 g/mol. The Hall–Kier alpha value is -2.59. The van der Waals surface area contributed by atoms with Crippen LogP contribution in [0.25, 0.3) is 6.08 Å². The van der Waals surface area contributed by atoms with Gasteiger partial charge in [-0.2, -0.15) is 0 Å². The molecule has 0 saturated carbocycles. The van der Waals surface area contributed by atoms with Gasteiger partial charge >= 0.3 is 0 Å². The lowest BCUT2D eigenvalue weighted by molar-refractivity contribution is -0.127. The van der Waals surface area contributed by atoms with Crippen molar-refractivity contribution < 1.29 is 18.8 Å². The van der Waals surface area contributed by atoms with Crippen molar-refractivity contribution in [2.24, 2.45) is 0 Å². The van der Waals surface area contributed by atoms with Gasteiger partial charge < -0.3 is 9.73 Å². The molecule has 2 heterocycles. The number of carbonyl (C=O) groups is 3. The summed E-state index contributed by atoms with van der Waals surface area (Å²) in [7, 11) is 0. The lowest BCUT2D eigenvalue weighted by atomic mass is 10.3. The van der Waals surface area contributed by atoms with Gasteiger partial charge in [0.25, 0.3) is 11.1 Å². The van der Waals surface area contributed by atoms with Crippen LogP contribution in [0.1, 0.15) is 5.76 Å². The van der Waals surface area contributed by atoms with Crippen LogP contribution in [0.2, 0.25) is 5.02 Å². The normalized spacial score (nSPS) is 14.8. The van der Waals surface area contributed by atoms with Crippen LogP contribution in [-0.2, 0) is 9.59 Å². The summed E-state index contributed by atoms with van der Waals surface area (Å²) in [5.74, 6) is -0.534. The second-order valence-corrected chi connectivity index (χ2v) is 10.1. The lowest BCUT2D eigenvalue weighted by Crippen LogP contribution is -2.36. The molecule has 0 radical (unpaired) electrons. The maximum atomic E-state index is 12.7. The van der Waals surface area contributed by atoms with E-state index in [1.807, 2.05) is 36.6 Å². The number of carbonyl (C=O) groups excluding carboxylic acids is 3. The molecule has 1 N–H and O–H groups in total. The van der Waals surface area contributed by atoms with Gasteiger partial charge in [0.1, 0.15) is 12.3 Å². The number of anilines is 1. The summed E-state index contributed by atoms with van der Waals surface area (Å²) in [6, 6.07) is 18.2. The number of hydrogen-bond donors (Lipinski definition) is 1. The number of benzene rings is 2. The lowest BCUT2D eigenvalue weighted by Gasteiger charge is -2.12. The Kier molecular flexibility index (Phi) is 7.54. The zero-order valence-electron chi connectivity index (χ0n) is 17.2. The SMILES string of the molecule is CSc1cccc(NC(=O)CN2C(=O)S/C(=C\c3ccc(Sc4ccc(Cl)cc4)o3)C2=O)c1. The quantitative estimate of drug-likeness (QED) is 0.284. The van der Waals surface area contributed by atoms with E-state index in [0.717, 1.165) is 26.5 Å². The minimum Gasteiger partial charge on any atom is -0.450 e. The molecule has 6 nitrogen and oxygen atoms in total. The Bertz CT molecular complexity index is 1240. The fourth-order valence-corrected chi connectivity index (χ4v) is 5.08. The maximum Gasteiger partial charge on any atom is 0.294 e. The summed E-state index contributed by atoms with van der Waals surface area (Å²) in [6.45, 7) is -0.360. The summed E-state index contributed by atoms with van der Waals surface area (Å²) < 4.78 is 5.76. The van der Waals surface area contributed by atoms with E-state index < -0.39 is 17.1 Å². The first-order valence-electron chi connectivity index (χ1n) is 9.64. The van der Waals surface area contributed by atoms with Crippen LogP contribution in [0.4, 0.5) is 10.5 Å². The van der Waals surface area contributed by atoms with Gasteiger partial charge in [-0.25, -0.2) is 0 Å². The summed E-state index contributed by atoms with van der Waals surface area (Å²) >= 11 is 9.64. The van der Waals surface area contributed by atoms with Crippen LogP contribution >= 0.6 is 46.9 Å². The molecule has 4 rings (SSSR count). The Morgan fingerprint density at radius 2 is 1.91 bits per heavy atom. The summed E-state index contributed by atoms with van der Waals surface area (Å²) in [6.07, 6.45) is 3.45. The second-order valence-electron chi connectivity index (χ2n) is 6.76. The smallest absolute Gasteiger partial charge is 0.294 e. The predicted molar refractivity (Wildman–Crippen MR) is 134 cm³/mol. The summed E-state index contributed by atoms with van der Waals surface area (Å²) in [5, 5.41) is 3.51. The fourth-order valence-electron chi connectivity index (χ4n) is 2.90. The number of thioether (sulfide) groups is 2.